The van der Waals surface area contributed by atoms with Crippen LogP contribution in [-0.4, -0.2) is 33.0 Å². The van der Waals surface area contributed by atoms with E-state index in [4.69, 9.17) is 0 Å². The van der Waals surface area contributed by atoms with Crippen molar-refractivity contribution in [2.75, 3.05) is 5.32 Å². The van der Waals surface area contributed by atoms with Gasteiger partial charge >= 0.3 is 0 Å². The summed E-state index contributed by atoms with van der Waals surface area (Å²) < 4.78 is 0. The second-order valence-electron chi connectivity index (χ2n) is 5.27. The molecule has 3 rings (SSSR count). The lowest BCUT2D eigenvalue weighted by Gasteiger charge is -2.11. The van der Waals surface area contributed by atoms with Crippen molar-refractivity contribution in [3.8, 4) is 0 Å². The molecule has 114 valence electrons. The lowest BCUT2D eigenvalue weighted by atomic mass is 10.2. The van der Waals surface area contributed by atoms with Crippen LogP contribution in [0, 0.1) is 0 Å². The van der Waals surface area contributed by atoms with Crippen molar-refractivity contribution in [3.05, 3.63) is 42.0 Å². The summed E-state index contributed by atoms with van der Waals surface area (Å²) in [6.07, 6.45) is 7.28. The van der Waals surface area contributed by atoms with Crippen molar-refractivity contribution in [1.29, 1.82) is 0 Å². The fourth-order valence-corrected chi connectivity index (χ4v) is 2.57. The molecule has 0 unspecified atom stereocenters. The fraction of sp³-hybridized carbons (Fsp3) is 0.333. The topological polar surface area (TPSA) is 99.8 Å². The van der Waals surface area contributed by atoms with Crippen molar-refractivity contribution in [1.82, 2.24) is 20.5 Å². The van der Waals surface area contributed by atoms with Crippen LogP contribution in [0.2, 0.25) is 0 Å². The molecule has 0 atom stereocenters. The minimum atomic E-state index is -0.378. The molecule has 0 saturated heterocycles. The highest BCUT2D eigenvalue weighted by molar-refractivity contribution is 6.07. The van der Waals surface area contributed by atoms with Gasteiger partial charge in [-0.05, 0) is 25.0 Å². The van der Waals surface area contributed by atoms with Crippen LogP contribution in [0.3, 0.4) is 0 Å². The third-order valence-corrected chi connectivity index (χ3v) is 3.69. The Morgan fingerprint density at radius 3 is 2.73 bits per heavy atom. The molecule has 1 saturated carbocycles. The lowest BCUT2D eigenvalue weighted by Crippen LogP contribution is -2.33. The van der Waals surface area contributed by atoms with E-state index >= 15 is 0 Å². The molecule has 1 aliphatic carbocycles. The number of amides is 2. The number of hydrogen-bond acceptors (Lipinski definition) is 4. The fourth-order valence-electron chi connectivity index (χ4n) is 2.57. The van der Waals surface area contributed by atoms with Gasteiger partial charge in [-0.15, -0.1) is 0 Å². The molecule has 1 aliphatic rings. The SMILES string of the molecule is O=C(Nc1c[nH]nc1C(=O)NC1CCCC1)c1ccccn1. The molecule has 0 aliphatic heterocycles. The van der Waals surface area contributed by atoms with Crippen molar-refractivity contribution in [2.45, 2.75) is 31.7 Å². The minimum absolute atomic E-state index is 0.191. The highest BCUT2D eigenvalue weighted by atomic mass is 16.2. The number of nitrogens with one attached hydrogen (secondary N) is 3. The van der Waals surface area contributed by atoms with Crippen LogP contribution in [0.4, 0.5) is 5.69 Å². The minimum Gasteiger partial charge on any atom is -0.348 e. The second-order valence-corrected chi connectivity index (χ2v) is 5.27. The van der Waals surface area contributed by atoms with E-state index in [0.717, 1.165) is 25.7 Å². The number of pyridine rings is 1. The maximum atomic E-state index is 12.2. The summed E-state index contributed by atoms with van der Waals surface area (Å²) in [5, 5.41) is 12.2. The number of rotatable bonds is 4. The van der Waals surface area contributed by atoms with E-state index in [0.29, 0.717) is 5.69 Å². The van der Waals surface area contributed by atoms with Gasteiger partial charge in [-0.3, -0.25) is 19.7 Å². The third-order valence-electron chi connectivity index (χ3n) is 3.69. The first-order valence-electron chi connectivity index (χ1n) is 7.31. The molecule has 0 bridgehead atoms. The van der Waals surface area contributed by atoms with E-state index in [-0.39, 0.29) is 29.2 Å². The number of aromatic nitrogens is 3. The summed E-state index contributed by atoms with van der Waals surface area (Å²) >= 11 is 0. The van der Waals surface area contributed by atoms with Crippen molar-refractivity contribution in [3.63, 3.8) is 0 Å². The van der Waals surface area contributed by atoms with Gasteiger partial charge in [-0.1, -0.05) is 18.9 Å². The molecule has 2 aromatic rings. The molecule has 2 heterocycles. The molecule has 3 N–H and O–H groups in total. The van der Waals surface area contributed by atoms with Gasteiger partial charge in [0.15, 0.2) is 5.69 Å². The smallest absolute Gasteiger partial charge is 0.274 e. The first kappa shape index (κ1) is 14.2. The van der Waals surface area contributed by atoms with Crippen LogP contribution in [0.1, 0.15) is 46.7 Å². The Labute approximate surface area is 127 Å². The standard InChI is InChI=1S/C15H17N5O2/c21-14(11-7-3-4-8-16-11)19-12-9-17-20-13(12)15(22)18-10-5-1-2-6-10/h3-4,7-10H,1-2,5-6H2,(H,17,20)(H,18,22)(H,19,21). The van der Waals surface area contributed by atoms with Gasteiger partial charge < -0.3 is 10.6 Å². The predicted octanol–water partition coefficient (Wildman–Crippen LogP) is 1.73. The molecule has 2 aromatic heterocycles. The highest BCUT2D eigenvalue weighted by Gasteiger charge is 2.22. The molecule has 7 heteroatoms. The van der Waals surface area contributed by atoms with E-state index in [9.17, 15) is 9.59 Å². The average molecular weight is 299 g/mol. The van der Waals surface area contributed by atoms with E-state index in [1.54, 1.807) is 18.2 Å². The summed E-state index contributed by atoms with van der Waals surface area (Å²) in [5.74, 6) is -0.651. The summed E-state index contributed by atoms with van der Waals surface area (Å²) in [6.45, 7) is 0. The number of anilines is 1. The molecule has 0 radical (unpaired) electrons. The van der Waals surface area contributed by atoms with Gasteiger partial charge in [0.25, 0.3) is 11.8 Å². The van der Waals surface area contributed by atoms with Crippen LogP contribution < -0.4 is 10.6 Å². The number of nitrogens with zero attached hydrogens (tertiary/aromatic N) is 2. The Balaban J connectivity index is 1.69. The summed E-state index contributed by atoms with van der Waals surface area (Å²) in [4.78, 5) is 28.3. The van der Waals surface area contributed by atoms with Gasteiger partial charge in [0.2, 0.25) is 0 Å². The summed E-state index contributed by atoms with van der Waals surface area (Å²) in [5.41, 5.74) is 0.827. The van der Waals surface area contributed by atoms with Gasteiger partial charge in [0.05, 0.1) is 5.69 Å². The van der Waals surface area contributed by atoms with Gasteiger partial charge in [0, 0.05) is 18.4 Å². The van der Waals surface area contributed by atoms with E-state index in [1.165, 1.54) is 12.4 Å². The van der Waals surface area contributed by atoms with E-state index in [1.807, 2.05) is 0 Å². The Bertz CT molecular complexity index is 662. The average Bonchev–Trinajstić information content (AvgIpc) is 3.19. The van der Waals surface area contributed by atoms with Gasteiger partial charge in [0.1, 0.15) is 5.69 Å². The van der Waals surface area contributed by atoms with E-state index < -0.39 is 0 Å². The van der Waals surface area contributed by atoms with Gasteiger partial charge in [-0.25, -0.2) is 0 Å². The zero-order valence-corrected chi connectivity index (χ0v) is 12.0. The molecular weight excluding hydrogens is 282 g/mol. The number of carbonyl (C=O) groups is 2. The van der Waals surface area contributed by atoms with Gasteiger partial charge in [-0.2, -0.15) is 5.10 Å². The van der Waals surface area contributed by atoms with Crippen molar-refractivity contribution >= 4 is 17.5 Å². The monoisotopic (exact) mass is 299 g/mol. The lowest BCUT2D eigenvalue weighted by molar-refractivity contribution is 0.0933. The van der Waals surface area contributed by atoms with Crippen LogP contribution >= 0.6 is 0 Å². The molecule has 2 amide bonds. The van der Waals surface area contributed by atoms with Crippen LogP contribution in [0.15, 0.2) is 30.6 Å². The molecular formula is C15H17N5O2. The van der Waals surface area contributed by atoms with Crippen molar-refractivity contribution < 1.29 is 9.59 Å². The largest absolute Gasteiger partial charge is 0.348 e. The van der Waals surface area contributed by atoms with Crippen molar-refractivity contribution in [2.24, 2.45) is 0 Å². The second kappa shape index (κ2) is 6.38. The number of carbonyl (C=O) groups excluding carboxylic acids is 2. The van der Waals surface area contributed by atoms with Crippen LogP contribution in [-0.2, 0) is 0 Å². The molecule has 0 aromatic carbocycles. The Kier molecular flexibility index (Phi) is 4.13. The Hall–Kier alpha value is -2.70. The van der Waals surface area contributed by atoms with Crippen LogP contribution in [0.25, 0.3) is 0 Å². The zero-order valence-electron chi connectivity index (χ0n) is 12.0. The summed E-state index contributed by atoms with van der Waals surface area (Å²) in [7, 11) is 0. The maximum absolute atomic E-state index is 12.2. The molecule has 1 fully saturated rings. The Morgan fingerprint density at radius 2 is 2.00 bits per heavy atom. The number of aromatic amines is 1. The van der Waals surface area contributed by atoms with Crippen LogP contribution in [0.5, 0.6) is 0 Å². The predicted molar refractivity (Wildman–Crippen MR) is 80.5 cm³/mol. The normalized spacial score (nSPS) is 14.7. The molecule has 0 spiro atoms. The first-order chi connectivity index (χ1) is 10.7. The summed E-state index contributed by atoms with van der Waals surface area (Å²) in [6, 6.07) is 5.26. The zero-order chi connectivity index (χ0) is 15.4. The highest BCUT2D eigenvalue weighted by Crippen LogP contribution is 2.19. The Morgan fingerprint density at radius 1 is 1.18 bits per heavy atom. The quantitative estimate of drug-likeness (QED) is 0.800. The molecule has 22 heavy (non-hydrogen) atoms. The number of hydrogen-bond donors (Lipinski definition) is 3. The third kappa shape index (κ3) is 3.13. The van der Waals surface area contributed by atoms with E-state index in [2.05, 4.69) is 25.8 Å². The number of H-pyrrole nitrogens is 1. The molecule has 7 nitrogen and oxygen atoms in total. The maximum Gasteiger partial charge on any atom is 0.274 e. The first-order valence-corrected chi connectivity index (χ1v) is 7.31.